The van der Waals surface area contributed by atoms with Gasteiger partial charge in [-0.3, -0.25) is 4.90 Å². The molecule has 0 radical (unpaired) electrons. The predicted octanol–water partition coefficient (Wildman–Crippen LogP) is 0.829. The lowest BCUT2D eigenvalue weighted by Gasteiger charge is -2.28. The molecule has 9 heavy (non-hydrogen) atoms. The first-order valence-corrected chi connectivity index (χ1v) is 3.78. The molecule has 0 aromatic carbocycles. The Balaban J connectivity index is 1.97. The summed E-state index contributed by atoms with van der Waals surface area (Å²) in [5, 5.41) is 0. The standard InChI is InChI=1S/C7H13NO/c1-2-7-3-5-9-6-8(7)4-1/h7H,1-6H2. The van der Waals surface area contributed by atoms with Crippen molar-refractivity contribution in [3.63, 3.8) is 0 Å². The van der Waals surface area contributed by atoms with Crippen LogP contribution in [-0.4, -0.2) is 30.8 Å². The molecule has 0 spiro atoms. The van der Waals surface area contributed by atoms with Crippen LogP contribution >= 0.6 is 0 Å². The van der Waals surface area contributed by atoms with Crippen LogP contribution in [0, 0.1) is 0 Å². The number of hydrogen-bond acceptors (Lipinski definition) is 2. The maximum absolute atomic E-state index is 5.31. The Morgan fingerprint density at radius 3 is 3.22 bits per heavy atom. The third-order valence-electron chi connectivity index (χ3n) is 2.35. The van der Waals surface area contributed by atoms with Gasteiger partial charge in [-0.25, -0.2) is 0 Å². The van der Waals surface area contributed by atoms with Gasteiger partial charge in [0.15, 0.2) is 0 Å². The molecular weight excluding hydrogens is 114 g/mol. The summed E-state index contributed by atoms with van der Waals surface area (Å²) < 4.78 is 5.31. The molecule has 2 fully saturated rings. The van der Waals surface area contributed by atoms with Crippen molar-refractivity contribution in [1.82, 2.24) is 4.90 Å². The normalized spacial score (nSPS) is 36.7. The van der Waals surface area contributed by atoms with Gasteiger partial charge in [-0.1, -0.05) is 0 Å². The summed E-state index contributed by atoms with van der Waals surface area (Å²) in [6, 6.07) is 0.874. The zero-order chi connectivity index (χ0) is 6.10. The SMILES string of the molecule is C1CC2CCOCN2C1. The molecule has 0 amide bonds. The van der Waals surface area contributed by atoms with Gasteiger partial charge < -0.3 is 4.74 Å². The Labute approximate surface area is 55.8 Å². The summed E-state index contributed by atoms with van der Waals surface area (Å²) in [7, 11) is 0. The minimum Gasteiger partial charge on any atom is -0.366 e. The van der Waals surface area contributed by atoms with Crippen LogP contribution in [0.25, 0.3) is 0 Å². The van der Waals surface area contributed by atoms with Crippen LogP contribution in [0.15, 0.2) is 0 Å². The molecule has 2 nitrogen and oxygen atoms in total. The van der Waals surface area contributed by atoms with E-state index in [0.717, 1.165) is 19.4 Å². The molecular formula is C7H13NO. The molecule has 2 heterocycles. The number of rotatable bonds is 0. The van der Waals surface area contributed by atoms with Crippen molar-refractivity contribution in [1.29, 1.82) is 0 Å². The number of fused-ring (bicyclic) bond motifs is 1. The van der Waals surface area contributed by atoms with E-state index in [0.29, 0.717) is 0 Å². The van der Waals surface area contributed by atoms with Crippen LogP contribution in [-0.2, 0) is 4.74 Å². The highest BCUT2D eigenvalue weighted by Gasteiger charge is 2.26. The highest BCUT2D eigenvalue weighted by Crippen LogP contribution is 2.22. The van der Waals surface area contributed by atoms with Gasteiger partial charge in [-0.15, -0.1) is 0 Å². The molecule has 52 valence electrons. The van der Waals surface area contributed by atoms with Crippen molar-refractivity contribution in [2.24, 2.45) is 0 Å². The first-order valence-electron chi connectivity index (χ1n) is 3.78. The first kappa shape index (κ1) is 5.69. The van der Waals surface area contributed by atoms with E-state index in [1.807, 2.05) is 0 Å². The van der Waals surface area contributed by atoms with Gasteiger partial charge in [0.05, 0.1) is 6.73 Å². The fourth-order valence-electron chi connectivity index (χ4n) is 1.79. The molecule has 1 unspecified atom stereocenters. The monoisotopic (exact) mass is 127 g/mol. The van der Waals surface area contributed by atoms with Crippen molar-refractivity contribution in [2.45, 2.75) is 25.3 Å². The predicted molar refractivity (Wildman–Crippen MR) is 35.2 cm³/mol. The van der Waals surface area contributed by atoms with Gasteiger partial charge >= 0.3 is 0 Å². The van der Waals surface area contributed by atoms with Crippen molar-refractivity contribution >= 4 is 0 Å². The van der Waals surface area contributed by atoms with Crippen LogP contribution in [0.5, 0.6) is 0 Å². The second-order valence-corrected chi connectivity index (χ2v) is 2.93. The lowest BCUT2D eigenvalue weighted by atomic mass is 10.1. The van der Waals surface area contributed by atoms with Crippen molar-refractivity contribution in [3.05, 3.63) is 0 Å². The number of nitrogens with zero attached hydrogens (tertiary/aromatic N) is 1. The van der Waals surface area contributed by atoms with E-state index < -0.39 is 0 Å². The van der Waals surface area contributed by atoms with Crippen LogP contribution in [0.3, 0.4) is 0 Å². The van der Waals surface area contributed by atoms with Gasteiger partial charge in [0.2, 0.25) is 0 Å². The van der Waals surface area contributed by atoms with E-state index in [2.05, 4.69) is 4.90 Å². The molecule has 2 saturated heterocycles. The molecule has 0 bridgehead atoms. The van der Waals surface area contributed by atoms with Crippen molar-refractivity contribution in [3.8, 4) is 0 Å². The average molecular weight is 127 g/mol. The Bertz CT molecular complexity index is 93.1. The molecule has 0 N–H and O–H groups in total. The number of hydrogen-bond donors (Lipinski definition) is 0. The van der Waals surface area contributed by atoms with Crippen LogP contribution in [0.1, 0.15) is 19.3 Å². The van der Waals surface area contributed by atoms with Gasteiger partial charge in [0.25, 0.3) is 0 Å². The molecule has 2 aliphatic rings. The third-order valence-corrected chi connectivity index (χ3v) is 2.35. The van der Waals surface area contributed by atoms with Gasteiger partial charge in [-0.05, 0) is 19.3 Å². The van der Waals surface area contributed by atoms with E-state index >= 15 is 0 Å². The maximum atomic E-state index is 5.31. The summed E-state index contributed by atoms with van der Waals surface area (Å²) >= 11 is 0. The molecule has 2 aliphatic heterocycles. The maximum Gasteiger partial charge on any atom is 0.0992 e. The Kier molecular flexibility index (Phi) is 1.44. The van der Waals surface area contributed by atoms with Gasteiger partial charge in [-0.2, -0.15) is 0 Å². The molecule has 0 saturated carbocycles. The summed E-state index contributed by atoms with van der Waals surface area (Å²) in [5.41, 5.74) is 0. The minimum atomic E-state index is 0.874. The zero-order valence-electron chi connectivity index (χ0n) is 5.68. The molecule has 0 aromatic heterocycles. The molecule has 2 heteroatoms. The van der Waals surface area contributed by atoms with Gasteiger partial charge in [0, 0.05) is 19.2 Å². The highest BCUT2D eigenvalue weighted by atomic mass is 16.5. The fourth-order valence-corrected chi connectivity index (χ4v) is 1.79. The quantitative estimate of drug-likeness (QED) is 0.478. The molecule has 0 aliphatic carbocycles. The van der Waals surface area contributed by atoms with Crippen molar-refractivity contribution < 1.29 is 4.74 Å². The largest absolute Gasteiger partial charge is 0.366 e. The topological polar surface area (TPSA) is 12.5 Å². The first-order chi connectivity index (χ1) is 4.47. The minimum absolute atomic E-state index is 0.874. The lowest BCUT2D eigenvalue weighted by Crippen LogP contribution is -2.37. The van der Waals surface area contributed by atoms with E-state index in [1.54, 1.807) is 0 Å². The summed E-state index contributed by atoms with van der Waals surface area (Å²) in [6.07, 6.45) is 4.05. The summed E-state index contributed by atoms with van der Waals surface area (Å²) in [5.74, 6) is 0. The van der Waals surface area contributed by atoms with Crippen LogP contribution in [0.4, 0.5) is 0 Å². The second kappa shape index (κ2) is 2.27. The summed E-state index contributed by atoms with van der Waals surface area (Å²) in [6.45, 7) is 3.15. The zero-order valence-corrected chi connectivity index (χ0v) is 5.68. The van der Waals surface area contributed by atoms with Crippen LogP contribution in [0.2, 0.25) is 0 Å². The second-order valence-electron chi connectivity index (χ2n) is 2.93. The smallest absolute Gasteiger partial charge is 0.0992 e. The average Bonchev–Trinajstić information content (AvgIpc) is 2.33. The van der Waals surface area contributed by atoms with E-state index in [4.69, 9.17) is 4.74 Å². The third kappa shape index (κ3) is 0.970. The Morgan fingerprint density at radius 1 is 1.33 bits per heavy atom. The summed E-state index contributed by atoms with van der Waals surface area (Å²) in [4.78, 5) is 2.45. The molecule has 0 aromatic rings. The number of ether oxygens (including phenoxy) is 1. The lowest BCUT2D eigenvalue weighted by molar-refractivity contribution is -0.0285. The van der Waals surface area contributed by atoms with E-state index in [1.165, 1.54) is 25.8 Å². The van der Waals surface area contributed by atoms with Crippen LogP contribution < -0.4 is 0 Å². The molecule has 2 rings (SSSR count). The fraction of sp³-hybridized carbons (Fsp3) is 1.00. The van der Waals surface area contributed by atoms with E-state index in [9.17, 15) is 0 Å². The Morgan fingerprint density at radius 2 is 2.33 bits per heavy atom. The van der Waals surface area contributed by atoms with Gasteiger partial charge in [0.1, 0.15) is 0 Å². The highest BCUT2D eigenvalue weighted by molar-refractivity contribution is 4.79. The van der Waals surface area contributed by atoms with Crippen molar-refractivity contribution in [2.75, 3.05) is 19.9 Å². The van der Waals surface area contributed by atoms with E-state index in [-0.39, 0.29) is 0 Å². The Hall–Kier alpha value is -0.0800. The molecule has 1 atom stereocenters.